The van der Waals surface area contributed by atoms with Crippen molar-refractivity contribution >= 4 is 11.8 Å². The standard InChI is InChI=1S/C30H41N3O3/c1-20(29(36)33(4)19-23-11-8-16-31-18-23)24-12-14-30(3)15-13-25(21(2)27(30)28(24)35)32-26(34)17-22-9-6-5-7-10-22/h5-11,16,18,20-21,24-25,27-28,35H,12-15,17,19H2,1-4H3,(H,32,34). The van der Waals surface area contributed by atoms with Crippen LogP contribution in [0, 0.1) is 29.1 Å². The van der Waals surface area contributed by atoms with E-state index in [1.54, 1.807) is 17.3 Å². The van der Waals surface area contributed by atoms with Crippen LogP contribution in [-0.2, 0) is 22.6 Å². The number of aromatic nitrogens is 1. The Morgan fingerprint density at radius 2 is 1.83 bits per heavy atom. The van der Waals surface area contributed by atoms with Crippen molar-refractivity contribution in [1.29, 1.82) is 0 Å². The molecule has 1 aromatic heterocycles. The zero-order valence-electron chi connectivity index (χ0n) is 22.1. The highest BCUT2D eigenvalue weighted by Crippen LogP contribution is 2.55. The molecule has 2 fully saturated rings. The molecule has 7 unspecified atom stereocenters. The number of nitrogens with zero attached hydrogens (tertiary/aromatic N) is 2. The van der Waals surface area contributed by atoms with Crippen molar-refractivity contribution < 1.29 is 14.7 Å². The number of hydrogen-bond donors (Lipinski definition) is 2. The molecule has 0 aliphatic heterocycles. The first-order valence-electron chi connectivity index (χ1n) is 13.3. The maximum Gasteiger partial charge on any atom is 0.225 e. The number of hydrogen-bond acceptors (Lipinski definition) is 4. The Morgan fingerprint density at radius 1 is 1.14 bits per heavy atom. The largest absolute Gasteiger partial charge is 0.392 e. The Morgan fingerprint density at radius 3 is 2.53 bits per heavy atom. The first kappa shape index (κ1) is 26.3. The highest BCUT2D eigenvalue weighted by atomic mass is 16.3. The summed E-state index contributed by atoms with van der Waals surface area (Å²) in [7, 11) is 1.83. The molecule has 0 radical (unpaired) electrons. The first-order valence-corrected chi connectivity index (χ1v) is 13.3. The Kier molecular flexibility index (Phi) is 8.13. The minimum Gasteiger partial charge on any atom is -0.392 e. The van der Waals surface area contributed by atoms with Crippen LogP contribution in [0.2, 0.25) is 0 Å². The Balaban J connectivity index is 1.42. The van der Waals surface area contributed by atoms with Gasteiger partial charge in [-0.25, -0.2) is 0 Å². The van der Waals surface area contributed by atoms with Crippen LogP contribution in [0.1, 0.15) is 57.6 Å². The number of carbonyl (C=O) groups is 2. The summed E-state index contributed by atoms with van der Waals surface area (Å²) in [5.74, 6) is -0.0889. The zero-order chi connectivity index (χ0) is 25.9. The smallest absolute Gasteiger partial charge is 0.225 e. The first-order chi connectivity index (χ1) is 17.2. The summed E-state index contributed by atoms with van der Waals surface area (Å²) in [6.45, 7) is 6.93. The number of rotatable bonds is 7. The van der Waals surface area contributed by atoms with Crippen LogP contribution in [0.25, 0.3) is 0 Å². The third-order valence-electron chi connectivity index (χ3n) is 8.99. The van der Waals surface area contributed by atoms with E-state index in [-0.39, 0.29) is 46.9 Å². The lowest BCUT2D eigenvalue weighted by Gasteiger charge is -2.56. The Labute approximate surface area is 215 Å². The van der Waals surface area contributed by atoms with Gasteiger partial charge in [-0.1, -0.05) is 57.2 Å². The van der Waals surface area contributed by atoms with Crippen LogP contribution >= 0.6 is 0 Å². The number of benzene rings is 1. The van der Waals surface area contributed by atoms with Crippen molar-refractivity contribution in [2.24, 2.45) is 29.1 Å². The molecule has 194 valence electrons. The van der Waals surface area contributed by atoms with Gasteiger partial charge in [-0.15, -0.1) is 0 Å². The van der Waals surface area contributed by atoms with Gasteiger partial charge in [0.1, 0.15) is 0 Å². The molecule has 1 aromatic carbocycles. The van der Waals surface area contributed by atoms with E-state index in [1.807, 2.05) is 56.4 Å². The lowest BCUT2D eigenvalue weighted by Crippen LogP contribution is -2.58. The van der Waals surface area contributed by atoms with E-state index < -0.39 is 6.10 Å². The summed E-state index contributed by atoms with van der Waals surface area (Å²) >= 11 is 0. The van der Waals surface area contributed by atoms with Gasteiger partial charge in [0.25, 0.3) is 0 Å². The molecule has 0 bridgehead atoms. The summed E-state index contributed by atoms with van der Waals surface area (Å²) in [6, 6.07) is 13.7. The molecule has 2 saturated carbocycles. The van der Waals surface area contributed by atoms with E-state index in [0.717, 1.165) is 36.8 Å². The quantitative estimate of drug-likeness (QED) is 0.607. The van der Waals surface area contributed by atoms with Gasteiger partial charge in [-0.05, 0) is 66.0 Å². The molecule has 6 nitrogen and oxygen atoms in total. The number of nitrogens with one attached hydrogen (secondary N) is 1. The second kappa shape index (κ2) is 11.1. The number of aliphatic hydroxyl groups excluding tert-OH is 1. The van der Waals surface area contributed by atoms with Gasteiger partial charge < -0.3 is 15.3 Å². The fourth-order valence-corrected chi connectivity index (χ4v) is 6.91. The summed E-state index contributed by atoms with van der Waals surface area (Å²) in [5, 5.41) is 15.0. The van der Waals surface area contributed by atoms with Gasteiger partial charge in [-0.2, -0.15) is 0 Å². The zero-order valence-corrected chi connectivity index (χ0v) is 22.1. The van der Waals surface area contributed by atoms with Crippen LogP contribution in [0.15, 0.2) is 54.9 Å². The van der Waals surface area contributed by atoms with E-state index in [1.165, 1.54) is 0 Å². The van der Waals surface area contributed by atoms with Crippen molar-refractivity contribution in [2.45, 2.75) is 71.6 Å². The van der Waals surface area contributed by atoms with Gasteiger partial charge in [-0.3, -0.25) is 14.6 Å². The highest BCUT2D eigenvalue weighted by molar-refractivity contribution is 5.79. The fourth-order valence-electron chi connectivity index (χ4n) is 6.91. The predicted octanol–water partition coefficient (Wildman–Crippen LogP) is 4.23. The molecule has 0 saturated heterocycles. The van der Waals surface area contributed by atoms with Crippen LogP contribution in [0.3, 0.4) is 0 Å². The molecule has 2 amide bonds. The lowest BCUT2D eigenvalue weighted by molar-refractivity contribution is -0.150. The van der Waals surface area contributed by atoms with E-state index >= 15 is 0 Å². The molecule has 7 atom stereocenters. The van der Waals surface area contributed by atoms with Gasteiger partial charge in [0.15, 0.2) is 0 Å². The van der Waals surface area contributed by atoms with Crippen LogP contribution in [-0.4, -0.2) is 46.0 Å². The average molecular weight is 492 g/mol. The molecule has 2 aliphatic rings. The molecule has 6 heteroatoms. The number of fused-ring (bicyclic) bond motifs is 1. The number of carbonyl (C=O) groups excluding carboxylic acids is 2. The minimum atomic E-state index is -0.571. The second-order valence-electron chi connectivity index (χ2n) is 11.5. The van der Waals surface area contributed by atoms with Gasteiger partial charge in [0, 0.05) is 37.9 Å². The fraction of sp³-hybridized carbons (Fsp3) is 0.567. The third-order valence-corrected chi connectivity index (χ3v) is 8.99. The molecule has 36 heavy (non-hydrogen) atoms. The molecule has 2 aromatic rings. The van der Waals surface area contributed by atoms with E-state index in [9.17, 15) is 14.7 Å². The molecule has 4 rings (SSSR count). The second-order valence-corrected chi connectivity index (χ2v) is 11.5. The van der Waals surface area contributed by atoms with E-state index in [2.05, 4.69) is 24.1 Å². The molecule has 2 aliphatic carbocycles. The topological polar surface area (TPSA) is 82.5 Å². The maximum absolute atomic E-state index is 13.3. The Hall–Kier alpha value is -2.73. The lowest BCUT2D eigenvalue weighted by atomic mass is 9.51. The molecule has 1 heterocycles. The highest BCUT2D eigenvalue weighted by Gasteiger charge is 2.54. The number of pyridine rings is 1. The van der Waals surface area contributed by atoms with Crippen LogP contribution in [0.5, 0.6) is 0 Å². The summed E-state index contributed by atoms with van der Waals surface area (Å²) in [5.41, 5.74) is 2.02. The van der Waals surface area contributed by atoms with E-state index in [0.29, 0.717) is 13.0 Å². The van der Waals surface area contributed by atoms with Gasteiger partial charge in [0.05, 0.1) is 12.5 Å². The molecular weight excluding hydrogens is 450 g/mol. The Bertz CT molecular complexity index is 1030. The minimum absolute atomic E-state index is 0.0281. The van der Waals surface area contributed by atoms with Crippen molar-refractivity contribution in [3.8, 4) is 0 Å². The van der Waals surface area contributed by atoms with Crippen LogP contribution in [0.4, 0.5) is 0 Å². The maximum atomic E-state index is 13.3. The third kappa shape index (κ3) is 5.64. The van der Waals surface area contributed by atoms with Gasteiger partial charge in [0.2, 0.25) is 11.8 Å². The summed E-state index contributed by atoms with van der Waals surface area (Å²) in [6.07, 6.45) is 7.05. The van der Waals surface area contributed by atoms with Crippen molar-refractivity contribution in [2.75, 3.05) is 7.05 Å². The predicted molar refractivity (Wildman–Crippen MR) is 141 cm³/mol. The van der Waals surface area contributed by atoms with Crippen molar-refractivity contribution in [3.05, 3.63) is 66.0 Å². The molecule has 2 N–H and O–H groups in total. The summed E-state index contributed by atoms with van der Waals surface area (Å²) < 4.78 is 0. The monoisotopic (exact) mass is 491 g/mol. The normalized spacial score (nSPS) is 30.6. The van der Waals surface area contributed by atoms with Gasteiger partial charge >= 0.3 is 0 Å². The molecule has 0 spiro atoms. The number of aliphatic hydroxyl groups is 1. The van der Waals surface area contributed by atoms with Crippen LogP contribution < -0.4 is 5.32 Å². The van der Waals surface area contributed by atoms with Crippen molar-refractivity contribution in [3.63, 3.8) is 0 Å². The molecular formula is C30H41N3O3. The average Bonchev–Trinajstić information content (AvgIpc) is 2.86. The number of amides is 2. The summed E-state index contributed by atoms with van der Waals surface area (Å²) in [4.78, 5) is 32.0. The SMILES string of the molecule is CC(C(=O)N(C)Cc1cccnc1)C1CCC2(C)CCC(NC(=O)Cc3ccccc3)C(C)C2C1O. The van der Waals surface area contributed by atoms with Crippen molar-refractivity contribution in [1.82, 2.24) is 15.2 Å². The van der Waals surface area contributed by atoms with E-state index in [4.69, 9.17) is 0 Å².